The molecule has 2 aromatic heterocycles. The normalized spacial score (nSPS) is 15.2. The molecule has 2 aliphatic rings. The molecule has 140 valence electrons. The number of non-ortho nitro benzene ring substituents is 1. The van der Waals surface area contributed by atoms with Crippen molar-refractivity contribution in [1.82, 2.24) is 15.0 Å². The highest BCUT2D eigenvalue weighted by Crippen LogP contribution is 2.34. The number of rotatable bonds is 3. The number of hydrogen-bond acceptors (Lipinski definition) is 6. The van der Waals surface area contributed by atoms with Crippen LogP contribution in [0.5, 0.6) is 0 Å². The fourth-order valence-corrected chi connectivity index (χ4v) is 4.14. The molecule has 0 spiro atoms. The number of anilines is 1. The van der Waals surface area contributed by atoms with Gasteiger partial charge in [-0.15, -0.1) is 0 Å². The average molecular weight is 373 g/mol. The van der Waals surface area contributed by atoms with E-state index in [0.717, 1.165) is 60.7 Å². The minimum absolute atomic E-state index is 0.144. The average Bonchev–Trinajstić information content (AvgIpc) is 3.21. The third-order valence-corrected chi connectivity index (χ3v) is 5.56. The van der Waals surface area contributed by atoms with Gasteiger partial charge in [0.2, 0.25) is 0 Å². The molecule has 0 radical (unpaired) electrons. The van der Waals surface area contributed by atoms with Crippen molar-refractivity contribution in [1.29, 1.82) is 0 Å². The summed E-state index contributed by atoms with van der Waals surface area (Å²) in [6, 6.07) is 9.04. The van der Waals surface area contributed by atoms with E-state index in [1.54, 1.807) is 24.5 Å². The summed E-state index contributed by atoms with van der Waals surface area (Å²) in [7, 11) is 0. The molecule has 1 aliphatic heterocycles. The van der Waals surface area contributed by atoms with Gasteiger partial charge in [0.25, 0.3) is 5.69 Å². The number of benzene rings is 1. The van der Waals surface area contributed by atoms with Crippen molar-refractivity contribution in [2.75, 3.05) is 11.4 Å². The van der Waals surface area contributed by atoms with Crippen LogP contribution in [-0.2, 0) is 25.8 Å². The molecule has 0 fully saturated rings. The number of aromatic nitrogens is 3. The Hall–Kier alpha value is -3.35. The smallest absolute Gasteiger partial charge is 0.269 e. The third-order valence-electron chi connectivity index (χ3n) is 5.56. The van der Waals surface area contributed by atoms with Gasteiger partial charge in [0.05, 0.1) is 4.92 Å². The van der Waals surface area contributed by atoms with Gasteiger partial charge in [-0.05, 0) is 48.9 Å². The fraction of sp³-hybridized carbons (Fsp3) is 0.286. The van der Waals surface area contributed by atoms with Crippen LogP contribution in [0.4, 0.5) is 11.5 Å². The molecule has 7 heteroatoms. The summed E-state index contributed by atoms with van der Waals surface area (Å²) < 4.78 is 0. The van der Waals surface area contributed by atoms with Crippen molar-refractivity contribution in [3.63, 3.8) is 0 Å². The Balaban J connectivity index is 1.55. The largest absolute Gasteiger partial charge is 0.352 e. The van der Waals surface area contributed by atoms with E-state index in [0.29, 0.717) is 6.54 Å². The van der Waals surface area contributed by atoms with Gasteiger partial charge in [0.1, 0.15) is 5.82 Å². The predicted octanol–water partition coefficient (Wildman–Crippen LogP) is 3.50. The maximum absolute atomic E-state index is 11.2. The predicted molar refractivity (Wildman–Crippen MR) is 105 cm³/mol. The molecule has 0 atom stereocenters. The highest BCUT2D eigenvalue weighted by atomic mass is 16.6. The van der Waals surface area contributed by atoms with E-state index in [4.69, 9.17) is 9.97 Å². The van der Waals surface area contributed by atoms with Crippen molar-refractivity contribution in [2.45, 2.75) is 32.2 Å². The molecule has 3 aromatic rings. The number of nitro groups is 1. The summed E-state index contributed by atoms with van der Waals surface area (Å²) in [6.07, 6.45) is 7.41. The summed E-state index contributed by atoms with van der Waals surface area (Å²) in [5.41, 5.74) is 5.65. The summed E-state index contributed by atoms with van der Waals surface area (Å²) in [4.78, 5) is 26.9. The van der Waals surface area contributed by atoms with Gasteiger partial charge in [-0.3, -0.25) is 15.1 Å². The van der Waals surface area contributed by atoms with Gasteiger partial charge < -0.3 is 4.90 Å². The molecular weight excluding hydrogens is 354 g/mol. The number of hydrogen-bond donors (Lipinski definition) is 0. The molecule has 0 N–H and O–H groups in total. The Morgan fingerprint density at radius 2 is 1.86 bits per heavy atom. The van der Waals surface area contributed by atoms with E-state index < -0.39 is 0 Å². The van der Waals surface area contributed by atoms with Gasteiger partial charge in [-0.2, -0.15) is 0 Å². The first-order valence-electron chi connectivity index (χ1n) is 9.50. The summed E-state index contributed by atoms with van der Waals surface area (Å²) in [6.45, 7) is 1.49. The van der Waals surface area contributed by atoms with Crippen LogP contribution in [0.3, 0.4) is 0 Å². The van der Waals surface area contributed by atoms with Crippen LogP contribution < -0.4 is 4.90 Å². The Morgan fingerprint density at radius 3 is 2.68 bits per heavy atom. The Labute approximate surface area is 162 Å². The van der Waals surface area contributed by atoms with Crippen LogP contribution in [0, 0.1) is 10.1 Å². The standard InChI is InChI=1S/C21H19N5O2/c27-26(28)17-5-4-14-8-11-25(13-16(14)12-17)21-18-2-1-3-19(18)23-20(24-21)15-6-9-22-10-7-15/h4-7,9-10,12H,1-3,8,11,13H2. The molecule has 0 unspecified atom stereocenters. The maximum atomic E-state index is 11.2. The monoisotopic (exact) mass is 373 g/mol. The molecule has 0 amide bonds. The van der Waals surface area contributed by atoms with Gasteiger partial charge in [0, 0.05) is 54.4 Å². The van der Waals surface area contributed by atoms with Gasteiger partial charge in [0.15, 0.2) is 5.82 Å². The zero-order valence-electron chi connectivity index (χ0n) is 15.3. The van der Waals surface area contributed by atoms with Crippen molar-refractivity contribution in [3.8, 4) is 11.4 Å². The van der Waals surface area contributed by atoms with E-state index in [1.165, 1.54) is 11.1 Å². The quantitative estimate of drug-likeness (QED) is 0.516. The van der Waals surface area contributed by atoms with Crippen LogP contribution in [0.15, 0.2) is 42.7 Å². The molecule has 1 aromatic carbocycles. The minimum Gasteiger partial charge on any atom is -0.352 e. The van der Waals surface area contributed by atoms with Gasteiger partial charge in [-0.25, -0.2) is 9.97 Å². The Morgan fingerprint density at radius 1 is 1.00 bits per heavy atom. The highest BCUT2D eigenvalue weighted by Gasteiger charge is 2.26. The number of fused-ring (bicyclic) bond motifs is 2. The van der Waals surface area contributed by atoms with Gasteiger partial charge >= 0.3 is 0 Å². The SMILES string of the molecule is O=[N+]([O-])c1ccc2c(c1)CN(c1nc(-c3ccncc3)nc3c1CCC3)CC2. The fourth-order valence-electron chi connectivity index (χ4n) is 4.14. The summed E-state index contributed by atoms with van der Waals surface area (Å²) in [5, 5.41) is 11.2. The molecule has 5 rings (SSSR count). The van der Waals surface area contributed by atoms with E-state index in [2.05, 4.69) is 9.88 Å². The van der Waals surface area contributed by atoms with Gasteiger partial charge in [-0.1, -0.05) is 6.07 Å². The lowest BCUT2D eigenvalue weighted by atomic mass is 9.98. The number of pyridine rings is 1. The first-order valence-corrected chi connectivity index (χ1v) is 9.50. The molecule has 7 nitrogen and oxygen atoms in total. The molecule has 3 heterocycles. The lowest BCUT2D eigenvalue weighted by molar-refractivity contribution is -0.384. The topological polar surface area (TPSA) is 85.0 Å². The van der Waals surface area contributed by atoms with E-state index in [1.807, 2.05) is 18.2 Å². The Bertz CT molecular complexity index is 1070. The van der Waals surface area contributed by atoms with Crippen LogP contribution in [0.1, 0.15) is 28.8 Å². The molecule has 28 heavy (non-hydrogen) atoms. The molecule has 0 bridgehead atoms. The first-order chi connectivity index (χ1) is 13.7. The third kappa shape index (κ3) is 2.89. The van der Waals surface area contributed by atoms with Crippen LogP contribution in [0.25, 0.3) is 11.4 Å². The first kappa shape index (κ1) is 16.8. The molecular formula is C21H19N5O2. The number of nitro benzene ring substituents is 1. The lowest BCUT2D eigenvalue weighted by Crippen LogP contribution is -2.32. The highest BCUT2D eigenvalue weighted by molar-refractivity contribution is 5.62. The zero-order chi connectivity index (χ0) is 19.1. The van der Waals surface area contributed by atoms with E-state index >= 15 is 0 Å². The van der Waals surface area contributed by atoms with Crippen molar-refractivity contribution >= 4 is 11.5 Å². The van der Waals surface area contributed by atoms with Crippen molar-refractivity contribution in [3.05, 3.63) is 75.2 Å². The van der Waals surface area contributed by atoms with Crippen LogP contribution in [-0.4, -0.2) is 26.4 Å². The number of nitrogens with zero attached hydrogens (tertiary/aromatic N) is 5. The van der Waals surface area contributed by atoms with E-state index in [9.17, 15) is 10.1 Å². The second-order valence-corrected chi connectivity index (χ2v) is 7.27. The Kier molecular flexibility index (Phi) is 4.00. The summed E-state index contributed by atoms with van der Waals surface area (Å²) in [5.74, 6) is 1.70. The van der Waals surface area contributed by atoms with Crippen molar-refractivity contribution in [2.24, 2.45) is 0 Å². The molecule has 0 saturated carbocycles. The maximum Gasteiger partial charge on any atom is 0.269 e. The molecule has 0 saturated heterocycles. The second kappa shape index (κ2) is 6.67. The van der Waals surface area contributed by atoms with Crippen LogP contribution >= 0.6 is 0 Å². The van der Waals surface area contributed by atoms with Crippen molar-refractivity contribution < 1.29 is 4.92 Å². The molecule has 1 aliphatic carbocycles. The number of aryl methyl sites for hydroxylation is 1. The van der Waals surface area contributed by atoms with E-state index in [-0.39, 0.29) is 10.6 Å². The minimum atomic E-state index is -0.330. The summed E-state index contributed by atoms with van der Waals surface area (Å²) >= 11 is 0. The second-order valence-electron chi connectivity index (χ2n) is 7.27. The van der Waals surface area contributed by atoms with Crippen LogP contribution in [0.2, 0.25) is 0 Å². The lowest BCUT2D eigenvalue weighted by Gasteiger charge is -2.31. The zero-order valence-corrected chi connectivity index (χ0v) is 15.3.